The molecule has 3 rings (SSSR count). The Bertz CT molecular complexity index is 565. The summed E-state index contributed by atoms with van der Waals surface area (Å²) >= 11 is 3.43. The van der Waals surface area contributed by atoms with Crippen LogP contribution in [0.3, 0.4) is 0 Å². The highest BCUT2D eigenvalue weighted by atomic mass is 79.9. The quantitative estimate of drug-likeness (QED) is 0.936. The van der Waals surface area contributed by atoms with Gasteiger partial charge in [0, 0.05) is 34.7 Å². The Morgan fingerprint density at radius 2 is 2.16 bits per heavy atom. The van der Waals surface area contributed by atoms with E-state index in [4.69, 9.17) is 0 Å². The Balaban J connectivity index is 1.74. The van der Waals surface area contributed by atoms with Crippen LogP contribution in [0, 0.1) is 0 Å². The molecule has 0 spiro atoms. The summed E-state index contributed by atoms with van der Waals surface area (Å²) in [6.45, 7) is 0. The first-order valence-electron chi connectivity index (χ1n) is 6.63. The molecule has 1 aromatic heterocycles. The molecular formula is C16H17BrN2. The number of nitrogens with one attached hydrogen (secondary N) is 1. The van der Waals surface area contributed by atoms with Crippen molar-refractivity contribution in [2.45, 2.75) is 24.8 Å². The summed E-state index contributed by atoms with van der Waals surface area (Å²) in [5, 5.41) is 3.46. The molecule has 19 heavy (non-hydrogen) atoms. The number of benzene rings is 1. The van der Waals surface area contributed by atoms with E-state index in [1.165, 1.54) is 17.5 Å². The molecule has 1 aliphatic rings. The maximum Gasteiger partial charge on any atom is 0.0420 e. The van der Waals surface area contributed by atoms with Gasteiger partial charge in [0.05, 0.1) is 0 Å². The first-order valence-corrected chi connectivity index (χ1v) is 7.42. The average molecular weight is 317 g/mol. The zero-order valence-corrected chi connectivity index (χ0v) is 12.5. The minimum atomic E-state index is 0.462. The first-order chi connectivity index (χ1) is 9.28. The molecule has 1 heterocycles. The van der Waals surface area contributed by atoms with Gasteiger partial charge >= 0.3 is 0 Å². The molecule has 0 fully saturated rings. The molecule has 1 aromatic carbocycles. The molecular weight excluding hydrogens is 300 g/mol. The van der Waals surface area contributed by atoms with Gasteiger partial charge in [-0.05, 0) is 52.7 Å². The van der Waals surface area contributed by atoms with Crippen LogP contribution in [-0.4, -0.2) is 18.1 Å². The lowest BCUT2D eigenvalue weighted by atomic mass is 9.72. The number of rotatable bonds is 4. The SMILES string of the molecule is CNC(Cc1ccc(Br)cn1)C1Cc2ccccc21. The average Bonchev–Trinajstić information content (AvgIpc) is 2.41. The van der Waals surface area contributed by atoms with Gasteiger partial charge in [0.15, 0.2) is 0 Å². The molecule has 2 nitrogen and oxygen atoms in total. The lowest BCUT2D eigenvalue weighted by Gasteiger charge is -2.36. The summed E-state index contributed by atoms with van der Waals surface area (Å²) in [7, 11) is 2.05. The van der Waals surface area contributed by atoms with Crippen LogP contribution < -0.4 is 5.32 Å². The van der Waals surface area contributed by atoms with Crippen molar-refractivity contribution in [3.05, 3.63) is 63.9 Å². The topological polar surface area (TPSA) is 24.9 Å². The van der Waals surface area contributed by atoms with Crippen molar-refractivity contribution in [2.24, 2.45) is 0 Å². The van der Waals surface area contributed by atoms with Crippen LogP contribution >= 0.6 is 15.9 Å². The summed E-state index contributed by atoms with van der Waals surface area (Å²) in [5.74, 6) is 0.617. The summed E-state index contributed by atoms with van der Waals surface area (Å²) in [6, 6.07) is 13.4. The van der Waals surface area contributed by atoms with Crippen molar-refractivity contribution >= 4 is 15.9 Å². The van der Waals surface area contributed by atoms with Gasteiger partial charge in [-0.1, -0.05) is 24.3 Å². The molecule has 2 atom stereocenters. The van der Waals surface area contributed by atoms with E-state index in [1.54, 1.807) is 0 Å². The Morgan fingerprint density at radius 1 is 1.32 bits per heavy atom. The van der Waals surface area contributed by atoms with Gasteiger partial charge in [-0.3, -0.25) is 4.98 Å². The van der Waals surface area contributed by atoms with Gasteiger partial charge in [0.25, 0.3) is 0 Å². The molecule has 1 aliphatic carbocycles. The highest BCUT2D eigenvalue weighted by molar-refractivity contribution is 9.10. The molecule has 98 valence electrons. The van der Waals surface area contributed by atoms with Crippen molar-refractivity contribution in [3.63, 3.8) is 0 Å². The lowest BCUT2D eigenvalue weighted by molar-refractivity contribution is 0.419. The van der Waals surface area contributed by atoms with Gasteiger partial charge in [-0.15, -0.1) is 0 Å². The monoisotopic (exact) mass is 316 g/mol. The maximum atomic E-state index is 4.48. The van der Waals surface area contributed by atoms with Crippen molar-refractivity contribution in [3.8, 4) is 0 Å². The fraction of sp³-hybridized carbons (Fsp3) is 0.312. The van der Waals surface area contributed by atoms with E-state index in [0.717, 1.165) is 16.6 Å². The number of hydrogen-bond acceptors (Lipinski definition) is 2. The normalized spacial score (nSPS) is 18.5. The molecule has 0 radical (unpaired) electrons. The molecule has 0 saturated heterocycles. The molecule has 3 heteroatoms. The second kappa shape index (κ2) is 5.43. The van der Waals surface area contributed by atoms with E-state index in [2.05, 4.69) is 62.6 Å². The Hall–Kier alpha value is -1.19. The second-order valence-corrected chi connectivity index (χ2v) is 5.99. The smallest absolute Gasteiger partial charge is 0.0420 e. The predicted octanol–water partition coefficient (Wildman–Crippen LogP) is 3.31. The summed E-state index contributed by atoms with van der Waals surface area (Å²) in [6.07, 6.45) is 4.03. The van der Waals surface area contributed by atoms with E-state index in [0.29, 0.717) is 12.0 Å². The number of pyridine rings is 1. The minimum Gasteiger partial charge on any atom is -0.316 e. The van der Waals surface area contributed by atoms with Gasteiger partial charge in [0.1, 0.15) is 0 Å². The number of nitrogens with zero attached hydrogens (tertiary/aromatic N) is 1. The maximum absolute atomic E-state index is 4.48. The molecule has 0 aliphatic heterocycles. The van der Waals surface area contributed by atoms with Crippen molar-refractivity contribution in [1.29, 1.82) is 0 Å². The van der Waals surface area contributed by atoms with Gasteiger partial charge in [-0.25, -0.2) is 0 Å². The molecule has 2 aromatic rings. The molecule has 1 N–H and O–H groups in total. The minimum absolute atomic E-state index is 0.462. The summed E-state index contributed by atoms with van der Waals surface area (Å²) in [5.41, 5.74) is 4.14. The largest absolute Gasteiger partial charge is 0.316 e. The fourth-order valence-electron chi connectivity index (χ4n) is 2.85. The highest BCUT2D eigenvalue weighted by Crippen LogP contribution is 2.38. The van der Waals surface area contributed by atoms with Gasteiger partial charge in [0.2, 0.25) is 0 Å². The summed E-state index contributed by atoms with van der Waals surface area (Å²) in [4.78, 5) is 4.48. The number of likely N-dealkylation sites (N-methyl/N-ethyl adjacent to an activating group) is 1. The lowest BCUT2D eigenvalue weighted by Crippen LogP contribution is -2.39. The Labute approximate surface area is 122 Å². The zero-order chi connectivity index (χ0) is 13.2. The van der Waals surface area contributed by atoms with Gasteiger partial charge in [-0.2, -0.15) is 0 Å². The van der Waals surface area contributed by atoms with E-state index in [9.17, 15) is 0 Å². The van der Waals surface area contributed by atoms with E-state index < -0.39 is 0 Å². The second-order valence-electron chi connectivity index (χ2n) is 5.08. The van der Waals surface area contributed by atoms with Crippen LogP contribution in [-0.2, 0) is 12.8 Å². The van der Waals surface area contributed by atoms with E-state index in [1.807, 2.05) is 13.2 Å². The van der Waals surface area contributed by atoms with Crippen LogP contribution in [0.25, 0.3) is 0 Å². The van der Waals surface area contributed by atoms with Crippen molar-refractivity contribution in [2.75, 3.05) is 7.05 Å². The molecule has 0 saturated carbocycles. The van der Waals surface area contributed by atoms with E-state index >= 15 is 0 Å². The van der Waals surface area contributed by atoms with Gasteiger partial charge < -0.3 is 5.32 Å². The van der Waals surface area contributed by atoms with Crippen LogP contribution in [0.1, 0.15) is 22.7 Å². The molecule has 0 bridgehead atoms. The Morgan fingerprint density at radius 3 is 2.84 bits per heavy atom. The third-order valence-corrected chi connectivity index (χ3v) is 4.44. The third kappa shape index (κ3) is 2.58. The van der Waals surface area contributed by atoms with E-state index in [-0.39, 0.29) is 0 Å². The summed E-state index contributed by atoms with van der Waals surface area (Å²) < 4.78 is 1.03. The van der Waals surface area contributed by atoms with Crippen LogP contribution in [0.4, 0.5) is 0 Å². The number of hydrogen-bond donors (Lipinski definition) is 1. The standard InChI is InChI=1S/C16H17BrN2/c1-18-16(9-13-7-6-12(17)10-19-13)15-8-11-4-2-3-5-14(11)15/h2-7,10,15-16,18H,8-9H2,1H3. The fourth-order valence-corrected chi connectivity index (χ4v) is 3.09. The predicted molar refractivity (Wildman–Crippen MR) is 81.4 cm³/mol. The number of fused-ring (bicyclic) bond motifs is 1. The van der Waals surface area contributed by atoms with Crippen LogP contribution in [0.2, 0.25) is 0 Å². The zero-order valence-electron chi connectivity index (χ0n) is 10.9. The van der Waals surface area contributed by atoms with Crippen LogP contribution in [0.15, 0.2) is 47.1 Å². The molecule has 0 amide bonds. The Kier molecular flexibility index (Phi) is 3.67. The molecule has 2 unspecified atom stereocenters. The highest BCUT2D eigenvalue weighted by Gasteiger charge is 2.31. The first kappa shape index (κ1) is 12.8. The van der Waals surface area contributed by atoms with Crippen LogP contribution in [0.5, 0.6) is 0 Å². The number of halogens is 1. The van der Waals surface area contributed by atoms with Crippen molar-refractivity contribution < 1.29 is 0 Å². The van der Waals surface area contributed by atoms with Crippen molar-refractivity contribution in [1.82, 2.24) is 10.3 Å². The third-order valence-electron chi connectivity index (χ3n) is 3.97. The number of aromatic nitrogens is 1.